The van der Waals surface area contributed by atoms with Gasteiger partial charge in [0.15, 0.2) is 0 Å². The average Bonchev–Trinajstić information content (AvgIpc) is 3.54. The van der Waals surface area contributed by atoms with Gasteiger partial charge >= 0.3 is 6.36 Å². The largest absolute Gasteiger partial charge is 0.573 e. The first kappa shape index (κ1) is 23.0. The Kier molecular flexibility index (Phi) is 6.35. The van der Waals surface area contributed by atoms with Crippen molar-refractivity contribution < 1.29 is 22.7 Å². The van der Waals surface area contributed by atoms with E-state index in [4.69, 9.17) is 5.41 Å². The van der Waals surface area contributed by atoms with Crippen LogP contribution in [-0.2, 0) is 4.79 Å². The number of rotatable bonds is 9. The smallest absolute Gasteiger partial charge is 0.406 e. The standard InChI is InChI=1S/C23H21F3N6O2/c1-2-20(33)29-12-19(27)21-18(14-11-30-32(13-14)16-5-6-16)9-10-28-22(21)31-15-3-7-17(8-4-15)34-23(24,25)26/h2-4,7-11,13,16,27H,1,5-6,12H2,(H,28,31)(H,29,33). The Balaban J connectivity index is 1.65. The summed E-state index contributed by atoms with van der Waals surface area (Å²) in [4.78, 5) is 16.0. The molecule has 2 heterocycles. The van der Waals surface area contributed by atoms with Gasteiger partial charge in [0.05, 0.1) is 24.5 Å². The van der Waals surface area contributed by atoms with E-state index in [0.29, 0.717) is 28.7 Å². The normalized spacial score (nSPS) is 13.3. The third-order valence-corrected chi connectivity index (χ3v) is 5.06. The van der Waals surface area contributed by atoms with Crippen LogP contribution in [0.1, 0.15) is 24.4 Å². The lowest BCUT2D eigenvalue weighted by atomic mass is 9.99. The van der Waals surface area contributed by atoms with Crippen molar-refractivity contribution in [1.82, 2.24) is 20.1 Å². The molecule has 1 aromatic carbocycles. The number of alkyl halides is 3. The minimum atomic E-state index is -4.78. The van der Waals surface area contributed by atoms with Crippen LogP contribution in [0.15, 0.2) is 61.6 Å². The number of nitrogens with one attached hydrogen (secondary N) is 3. The third kappa shape index (κ3) is 5.61. The molecule has 34 heavy (non-hydrogen) atoms. The number of carbonyl (C=O) groups is 1. The van der Waals surface area contributed by atoms with Crippen LogP contribution in [0.5, 0.6) is 5.75 Å². The minimum absolute atomic E-state index is 0.0760. The fraction of sp³-hybridized carbons (Fsp3) is 0.217. The molecule has 1 fully saturated rings. The van der Waals surface area contributed by atoms with Crippen LogP contribution >= 0.6 is 0 Å². The predicted octanol–water partition coefficient (Wildman–Crippen LogP) is 4.59. The third-order valence-electron chi connectivity index (χ3n) is 5.06. The van der Waals surface area contributed by atoms with Gasteiger partial charge in [0.2, 0.25) is 5.91 Å². The first-order chi connectivity index (χ1) is 16.2. The first-order valence-electron chi connectivity index (χ1n) is 10.4. The Morgan fingerprint density at radius 2 is 2.00 bits per heavy atom. The van der Waals surface area contributed by atoms with Crippen LogP contribution in [0, 0.1) is 5.41 Å². The number of hydrogen-bond acceptors (Lipinski definition) is 6. The van der Waals surface area contributed by atoms with E-state index in [1.165, 1.54) is 24.3 Å². The van der Waals surface area contributed by atoms with Gasteiger partial charge in [-0.2, -0.15) is 5.10 Å². The fourth-order valence-electron chi connectivity index (χ4n) is 3.33. The van der Waals surface area contributed by atoms with E-state index >= 15 is 0 Å². The van der Waals surface area contributed by atoms with Crippen molar-refractivity contribution in [2.45, 2.75) is 25.2 Å². The highest BCUT2D eigenvalue weighted by Gasteiger charge is 2.31. The molecule has 176 valence electrons. The summed E-state index contributed by atoms with van der Waals surface area (Å²) in [6, 6.07) is 7.30. The van der Waals surface area contributed by atoms with Crippen LogP contribution in [0.2, 0.25) is 0 Å². The Hall–Kier alpha value is -4.15. The number of carbonyl (C=O) groups excluding carboxylic acids is 1. The molecular weight excluding hydrogens is 449 g/mol. The number of halogens is 3. The number of amides is 1. The van der Waals surface area contributed by atoms with Crippen LogP contribution in [0.3, 0.4) is 0 Å². The summed E-state index contributed by atoms with van der Waals surface area (Å²) in [6.07, 6.45) is 3.63. The molecule has 1 aliphatic rings. The van der Waals surface area contributed by atoms with Crippen molar-refractivity contribution in [2.75, 3.05) is 11.9 Å². The van der Waals surface area contributed by atoms with Gasteiger partial charge in [-0.3, -0.25) is 9.48 Å². The zero-order chi connectivity index (χ0) is 24.3. The number of benzene rings is 1. The first-order valence-corrected chi connectivity index (χ1v) is 10.4. The van der Waals surface area contributed by atoms with E-state index < -0.39 is 12.3 Å². The van der Waals surface area contributed by atoms with E-state index in [2.05, 4.69) is 32.0 Å². The molecule has 4 rings (SSSR count). The maximum Gasteiger partial charge on any atom is 0.573 e. The molecule has 0 atom stereocenters. The molecule has 11 heteroatoms. The zero-order valence-electron chi connectivity index (χ0n) is 17.9. The number of ether oxygens (including phenoxy) is 1. The molecule has 3 N–H and O–H groups in total. The molecule has 0 unspecified atom stereocenters. The van der Waals surface area contributed by atoms with E-state index in [1.54, 1.807) is 18.5 Å². The lowest BCUT2D eigenvalue weighted by Crippen LogP contribution is -2.28. The summed E-state index contributed by atoms with van der Waals surface area (Å²) in [5, 5.41) is 18.7. The van der Waals surface area contributed by atoms with E-state index in [-0.39, 0.29) is 18.0 Å². The molecule has 2 aromatic heterocycles. The highest BCUT2D eigenvalue weighted by molar-refractivity contribution is 6.10. The van der Waals surface area contributed by atoms with Crippen molar-refractivity contribution >= 4 is 23.1 Å². The van der Waals surface area contributed by atoms with Gasteiger partial charge in [-0.1, -0.05) is 6.58 Å². The summed E-state index contributed by atoms with van der Waals surface area (Å²) in [7, 11) is 0. The number of nitrogens with zero attached hydrogens (tertiary/aromatic N) is 3. The van der Waals surface area contributed by atoms with Gasteiger partial charge in [-0.15, -0.1) is 13.2 Å². The maximum absolute atomic E-state index is 12.4. The Morgan fingerprint density at radius 1 is 1.26 bits per heavy atom. The molecule has 1 saturated carbocycles. The van der Waals surface area contributed by atoms with Crippen molar-refractivity contribution in [2.24, 2.45) is 0 Å². The van der Waals surface area contributed by atoms with Gasteiger partial charge < -0.3 is 20.8 Å². The molecule has 0 aliphatic heterocycles. The second kappa shape index (κ2) is 9.38. The quantitative estimate of drug-likeness (QED) is 0.313. The second-order valence-corrected chi connectivity index (χ2v) is 7.62. The van der Waals surface area contributed by atoms with Gasteiger partial charge in [0.25, 0.3) is 0 Å². The number of aromatic nitrogens is 3. The Labute approximate surface area is 193 Å². The van der Waals surface area contributed by atoms with Crippen LogP contribution in [0.4, 0.5) is 24.7 Å². The van der Waals surface area contributed by atoms with Crippen molar-refractivity contribution in [3.63, 3.8) is 0 Å². The highest BCUT2D eigenvalue weighted by Crippen LogP contribution is 2.36. The maximum atomic E-state index is 12.4. The molecule has 0 radical (unpaired) electrons. The van der Waals surface area contributed by atoms with E-state index in [9.17, 15) is 18.0 Å². The van der Waals surface area contributed by atoms with Crippen molar-refractivity contribution in [1.29, 1.82) is 5.41 Å². The van der Waals surface area contributed by atoms with Gasteiger partial charge in [-0.05, 0) is 54.8 Å². The lowest BCUT2D eigenvalue weighted by molar-refractivity contribution is -0.274. The second-order valence-electron chi connectivity index (χ2n) is 7.62. The monoisotopic (exact) mass is 470 g/mol. The zero-order valence-corrected chi connectivity index (χ0v) is 17.9. The van der Waals surface area contributed by atoms with Crippen LogP contribution in [-0.4, -0.2) is 39.3 Å². The van der Waals surface area contributed by atoms with E-state index in [0.717, 1.165) is 24.5 Å². The fourth-order valence-corrected chi connectivity index (χ4v) is 3.33. The molecule has 0 bridgehead atoms. The average molecular weight is 470 g/mol. The van der Waals surface area contributed by atoms with E-state index in [1.807, 2.05) is 10.9 Å². The lowest BCUT2D eigenvalue weighted by Gasteiger charge is -2.16. The molecule has 1 amide bonds. The van der Waals surface area contributed by atoms with Crippen LogP contribution in [0.25, 0.3) is 11.1 Å². The SMILES string of the molecule is C=CC(=O)NCC(=N)c1c(-c2cnn(C3CC3)c2)ccnc1Nc1ccc(OC(F)(F)F)cc1. The van der Waals surface area contributed by atoms with Gasteiger partial charge in [-0.25, -0.2) is 4.98 Å². The molecule has 0 spiro atoms. The number of hydrogen-bond donors (Lipinski definition) is 3. The summed E-state index contributed by atoms with van der Waals surface area (Å²) in [6.45, 7) is 3.33. The number of anilines is 2. The topological polar surface area (TPSA) is 105 Å². The molecular formula is C23H21F3N6O2. The number of pyridine rings is 1. The Morgan fingerprint density at radius 3 is 2.65 bits per heavy atom. The Bertz CT molecular complexity index is 1220. The summed E-state index contributed by atoms with van der Waals surface area (Å²) >= 11 is 0. The molecule has 3 aromatic rings. The summed E-state index contributed by atoms with van der Waals surface area (Å²) in [5.74, 6) is -0.474. The van der Waals surface area contributed by atoms with Gasteiger partial charge in [0.1, 0.15) is 11.6 Å². The van der Waals surface area contributed by atoms with Crippen molar-refractivity contribution in [3.05, 3.63) is 67.1 Å². The molecule has 8 nitrogen and oxygen atoms in total. The summed E-state index contributed by atoms with van der Waals surface area (Å²) in [5.41, 5.74) is 2.41. The van der Waals surface area contributed by atoms with Crippen molar-refractivity contribution in [3.8, 4) is 16.9 Å². The van der Waals surface area contributed by atoms with Gasteiger partial charge in [0, 0.05) is 29.2 Å². The molecule has 1 aliphatic carbocycles. The minimum Gasteiger partial charge on any atom is -0.406 e. The highest BCUT2D eigenvalue weighted by atomic mass is 19.4. The van der Waals surface area contributed by atoms with Crippen LogP contribution < -0.4 is 15.4 Å². The predicted molar refractivity (Wildman–Crippen MR) is 120 cm³/mol. The summed E-state index contributed by atoms with van der Waals surface area (Å²) < 4.78 is 43.1. The molecule has 0 saturated heterocycles.